The Labute approximate surface area is 149 Å². The molecule has 3 aromatic rings. The smallest absolute Gasteiger partial charge is 0.312 e. The number of carbonyl (C=O) groups excluding carboxylic acids is 1. The summed E-state index contributed by atoms with van der Waals surface area (Å²) in [4.78, 5) is 20.7. The number of thiazole rings is 1. The number of hydrogen-bond acceptors (Lipinski definition) is 5. The van der Waals surface area contributed by atoms with Crippen LogP contribution in [-0.2, 0) is 16.0 Å². The van der Waals surface area contributed by atoms with E-state index in [0.29, 0.717) is 10.7 Å². The highest BCUT2D eigenvalue weighted by Crippen LogP contribution is 2.26. The molecule has 0 radical (unpaired) electrons. The largest absolute Gasteiger partial charge is 0.457 e. The van der Waals surface area contributed by atoms with Gasteiger partial charge in [0.25, 0.3) is 0 Å². The van der Waals surface area contributed by atoms with E-state index in [1.807, 2.05) is 35.7 Å². The van der Waals surface area contributed by atoms with Crippen LogP contribution in [0.1, 0.15) is 24.3 Å². The Morgan fingerprint density at radius 2 is 2.12 bits per heavy atom. The fourth-order valence-electron chi connectivity index (χ4n) is 2.27. The number of rotatable bonds is 5. The topological polar surface area (TPSA) is 52.1 Å². The van der Waals surface area contributed by atoms with Crippen LogP contribution in [0.3, 0.4) is 0 Å². The lowest BCUT2D eigenvalue weighted by molar-refractivity contribution is -0.147. The Morgan fingerprint density at radius 1 is 1.29 bits per heavy atom. The predicted octanol–water partition coefficient (Wildman–Crippen LogP) is 4.71. The third kappa shape index (κ3) is 3.99. The molecular formula is C18H15ClN2O2S. The second-order valence-corrected chi connectivity index (χ2v) is 6.48. The lowest BCUT2D eigenvalue weighted by Crippen LogP contribution is -2.12. The molecule has 4 nitrogen and oxygen atoms in total. The van der Waals surface area contributed by atoms with Gasteiger partial charge in [-0.05, 0) is 25.1 Å². The summed E-state index contributed by atoms with van der Waals surface area (Å²) in [7, 11) is 0. The van der Waals surface area contributed by atoms with Crippen molar-refractivity contribution in [2.24, 2.45) is 0 Å². The highest BCUT2D eigenvalue weighted by molar-refractivity contribution is 7.13. The summed E-state index contributed by atoms with van der Waals surface area (Å²) in [6.45, 7) is 1.81. The molecule has 0 aliphatic carbocycles. The van der Waals surface area contributed by atoms with Gasteiger partial charge in [-0.25, -0.2) is 4.98 Å². The Morgan fingerprint density at radius 3 is 2.88 bits per heavy atom. The van der Waals surface area contributed by atoms with E-state index < -0.39 is 6.10 Å². The van der Waals surface area contributed by atoms with Crippen LogP contribution in [-0.4, -0.2) is 15.9 Å². The van der Waals surface area contributed by atoms with Crippen LogP contribution >= 0.6 is 22.9 Å². The van der Waals surface area contributed by atoms with E-state index in [-0.39, 0.29) is 12.4 Å². The lowest BCUT2D eigenvalue weighted by Gasteiger charge is -2.14. The second kappa shape index (κ2) is 7.55. The minimum Gasteiger partial charge on any atom is -0.457 e. The van der Waals surface area contributed by atoms with Crippen LogP contribution in [0.4, 0.5) is 0 Å². The summed E-state index contributed by atoms with van der Waals surface area (Å²) in [5.74, 6) is -0.328. The number of ether oxygens (including phenoxy) is 1. The molecule has 0 aliphatic rings. The lowest BCUT2D eigenvalue weighted by atomic mass is 10.1. The van der Waals surface area contributed by atoms with E-state index in [2.05, 4.69) is 9.97 Å². The maximum Gasteiger partial charge on any atom is 0.312 e. The zero-order valence-corrected chi connectivity index (χ0v) is 14.6. The van der Waals surface area contributed by atoms with Gasteiger partial charge in [0.1, 0.15) is 11.1 Å². The highest BCUT2D eigenvalue weighted by atomic mass is 35.5. The van der Waals surface area contributed by atoms with E-state index in [1.54, 1.807) is 25.4 Å². The number of aromatic nitrogens is 2. The number of nitrogens with zero attached hydrogens (tertiary/aromatic N) is 2. The molecule has 1 aromatic carbocycles. The Hall–Kier alpha value is -2.24. The molecule has 6 heteroatoms. The minimum atomic E-state index is -0.400. The summed E-state index contributed by atoms with van der Waals surface area (Å²) >= 11 is 7.61. The molecule has 0 fully saturated rings. The van der Waals surface area contributed by atoms with Gasteiger partial charge >= 0.3 is 5.97 Å². The molecule has 0 saturated carbocycles. The number of pyridine rings is 1. The second-order valence-electron chi connectivity index (χ2n) is 5.22. The van der Waals surface area contributed by atoms with Crippen molar-refractivity contribution in [2.45, 2.75) is 19.4 Å². The van der Waals surface area contributed by atoms with E-state index in [1.165, 1.54) is 11.3 Å². The number of carbonyl (C=O) groups is 1. The minimum absolute atomic E-state index is 0.131. The first kappa shape index (κ1) is 16.6. The van der Waals surface area contributed by atoms with Crippen LogP contribution < -0.4 is 0 Å². The average Bonchev–Trinajstić information content (AvgIpc) is 3.04. The number of benzene rings is 1. The van der Waals surface area contributed by atoms with Gasteiger partial charge in [-0.15, -0.1) is 11.3 Å². The molecule has 0 bridgehead atoms. The third-order valence-electron chi connectivity index (χ3n) is 3.44. The first-order valence-corrected chi connectivity index (χ1v) is 8.68. The Kier molecular flexibility index (Phi) is 5.23. The standard InChI is InChI=1S/C18H15ClN2O2S/c1-12(15-6-2-3-7-16(15)19)23-17(22)9-14-11-24-18(21-14)13-5-4-8-20-10-13/h2-8,10-12H,9H2,1H3/t12-/m0/s1. The SMILES string of the molecule is C[C@H](OC(=O)Cc1csc(-c2cccnc2)n1)c1ccccc1Cl. The van der Waals surface area contributed by atoms with Crippen molar-refractivity contribution in [2.75, 3.05) is 0 Å². The molecule has 0 aliphatic heterocycles. The Bertz CT molecular complexity index is 836. The van der Waals surface area contributed by atoms with Crippen LogP contribution in [0.25, 0.3) is 10.6 Å². The average molecular weight is 359 g/mol. The normalized spacial score (nSPS) is 11.9. The van der Waals surface area contributed by atoms with Gasteiger partial charge in [-0.2, -0.15) is 0 Å². The molecule has 3 rings (SSSR count). The molecule has 24 heavy (non-hydrogen) atoms. The van der Waals surface area contributed by atoms with Gasteiger partial charge in [0.2, 0.25) is 0 Å². The van der Waals surface area contributed by atoms with Gasteiger partial charge in [-0.1, -0.05) is 29.8 Å². The zero-order chi connectivity index (χ0) is 16.9. The van der Waals surface area contributed by atoms with Crippen LogP contribution in [0, 0.1) is 0 Å². The molecule has 0 saturated heterocycles. The molecule has 0 spiro atoms. The quantitative estimate of drug-likeness (QED) is 0.620. The molecule has 122 valence electrons. The molecule has 1 atom stereocenters. The monoisotopic (exact) mass is 358 g/mol. The van der Waals surface area contributed by atoms with Gasteiger partial charge < -0.3 is 4.74 Å². The van der Waals surface area contributed by atoms with Crippen LogP contribution in [0.2, 0.25) is 5.02 Å². The maximum atomic E-state index is 12.1. The fraction of sp³-hybridized carbons (Fsp3) is 0.167. The summed E-state index contributed by atoms with van der Waals surface area (Å²) in [6, 6.07) is 11.1. The number of halogens is 1. The maximum absolute atomic E-state index is 12.1. The predicted molar refractivity (Wildman–Crippen MR) is 95.0 cm³/mol. The molecule has 0 N–H and O–H groups in total. The molecule has 0 amide bonds. The van der Waals surface area contributed by atoms with Crippen molar-refractivity contribution in [1.29, 1.82) is 0 Å². The first-order valence-electron chi connectivity index (χ1n) is 7.42. The highest BCUT2D eigenvalue weighted by Gasteiger charge is 2.16. The first-order chi connectivity index (χ1) is 11.6. The van der Waals surface area contributed by atoms with Crippen molar-refractivity contribution in [1.82, 2.24) is 9.97 Å². The van der Waals surface area contributed by atoms with Gasteiger partial charge in [0, 0.05) is 33.9 Å². The summed E-state index contributed by atoms with van der Waals surface area (Å²) in [5, 5.41) is 3.29. The van der Waals surface area contributed by atoms with Gasteiger partial charge in [0.05, 0.1) is 12.1 Å². The molecule has 0 unspecified atom stereocenters. The van der Waals surface area contributed by atoms with Crippen molar-refractivity contribution in [3.63, 3.8) is 0 Å². The van der Waals surface area contributed by atoms with Crippen LogP contribution in [0.15, 0.2) is 54.2 Å². The number of hydrogen-bond donors (Lipinski definition) is 0. The van der Waals surface area contributed by atoms with Crippen molar-refractivity contribution in [3.05, 3.63) is 70.5 Å². The summed E-state index contributed by atoms with van der Waals surface area (Å²) in [6.07, 6.45) is 3.19. The van der Waals surface area contributed by atoms with E-state index >= 15 is 0 Å². The van der Waals surface area contributed by atoms with E-state index in [9.17, 15) is 4.79 Å². The van der Waals surface area contributed by atoms with Crippen molar-refractivity contribution >= 4 is 28.9 Å². The summed E-state index contributed by atoms with van der Waals surface area (Å²) in [5.41, 5.74) is 2.42. The zero-order valence-electron chi connectivity index (χ0n) is 13.0. The fourth-order valence-corrected chi connectivity index (χ4v) is 3.36. The van der Waals surface area contributed by atoms with Gasteiger partial charge in [-0.3, -0.25) is 9.78 Å². The summed E-state index contributed by atoms with van der Waals surface area (Å²) < 4.78 is 5.47. The molecular weight excluding hydrogens is 344 g/mol. The van der Waals surface area contributed by atoms with E-state index in [4.69, 9.17) is 16.3 Å². The Balaban J connectivity index is 1.63. The van der Waals surface area contributed by atoms with Gasteiger partial charge in [0.15, 0.2) is 0 Å². The van der Waals surface area contributed by atoms with Crippen molar-refractivity contribution in [3.8, 4) is 10.6 Å². The van der Waals surface area contributed by atoms with Crippen molar-refractivity contribution < 1.29 is 9.53 Å². The van der Waals surface area contributed by atoms with Crippen LogP contribution in [0.5, 0.6) is 0 Å². The molecule has 2 heterocycles. The molecule has 2 aromatic heterocycles. The van der Waals surface area contributed by atoms with E-state index in [0.717, 1.165) is 16.1 Å². The number of esters is 1. The third-order valence-corrected chi connectivity index (χ3v) is 4.72.